The number of rotatable bonds is 4. The number of nitriles is 1. The van der Waals surface area contributed by atoms with E-state index in [0.29, 0.717) is 10.5 Å². The molecule has 116 valence electrons. The maximum absolute atomic E-state index is 11.7. The number of halogens is 1. The van der Waals surface area contributed by atoms with Crippen LogP contribution in [-0.2, 0) is 10.1 Å². The standard InChI is InChI=1S/C12H10ClN3O5S.Na/c13-10-6-15-12(17)16(11(10)22(18,19)20)7-21-9-3-1-2-8(4-9)5-14;/h1-4,6,11H,7H2,(H,15,17)(H,18,19,20);/q;+1/p-1. The summed E-state index contributed by atoms with van der Waals surface area (Å²) in [6.07, 6.45) is 0.941. The fourth-order valence-electron chi connectivity index (χ4n) is 1.76. The smallest absolute Gasteiger partial charge is 0.746 e. The van der Waals surface area contributed by atoms with Crippen LogP contribution in [0.4, 0.5) is 4.79 Å². The maximum atomic E-state index is 11.7. The fraction of sp³-hybridized carbons (Fsp3) is 0.167. The number of carbonyl (C=O) groups excluding carboxylic acids is 1. The molecule has 2 amide bonds. The van der Waals surface area contributed by atoms with Gasteiger partial charge in [0, 0.05) is 6.20 Å². The van der Waals surface area contributed by atoms with Crippen LogP contribution in [0, 0.1) is 11.3 Å². The Morgan fingerprint density at radius 3 is 2.78 bits per heavy atom. The van der Waals surface area contributed by atoms with Crippen LogP contribution >= 0.6 is 11.6 Å². The molecule has 0 spiro atoms. The topological polar surface area (TPSA) is 123 Å². The van der Waals surface area contributed by atoms with E-state index in [4.69, 9.17) is 21.6 Å². The first-order valence-corrected chi connectivity index (χ1v) is 7.68. The van der Waals surface area contributed by atoms with E-state index < -0.39 is 28.3 Å². The van der Waals surface area contributed by atoms with Gasteiger partial charge in [-0.15, -0.1) is 0 Å². The van der Waals surface area contributed by atoms with E-state index in [1.807, 2.05) is 6.07 Å². The summed E-state index contributed by atoms with van der Waals surface area (Å²) in [6, 6.07) is 7.08. The first kappa shape index (κ1) is 19.8. The Labute approximate surface area is 159 Å². The van der Waals surface area contributed by atoms with Crippen molar-refractivity contribution in [3.63, 3.8) is 0 Å². The number of urea groups is 1. The third kappa shape index (κ3) is 4.84. The van der Waals surface area contributed by atoms with Gasteiger partial charge in [-0.3, -0.25) is 4.90 Å². The Hall–Kier alpha value is -1.28. The van der Waals surface area contributed by atoms with Crippen molar-refractivity contribution in [2.45, 2.75) is 5.37 Å². The largest absolute Gasteiger partial charge is 1.00 e. The quantitative estimate of drug-likeness (QED) is 0.480. The number of nitrogens with one attached hydrogen (secondary N) is 1. The summed E-state index contributed by atoms with van der Waals surface area (Å²) in [5, 5.41) is 8.78. The number of amides is 2. The fourth-order valence-corrected chi connectivity index (χ4v) is 3.07. The van der Waals surface area contributed by atoms with E-state index in [2.05, 4.69) is 5.32 Å². The number of carbonyl (C=O) groups is 1. The first-order valence-electron chi connectivity index (χ1n) is 5.83. The predicted octanol–water partition coefficient (Wildman–Crippen LogP) is -2.12. The van der Waals surface area contributed by atoms with Gasteiger partial charge in [0.15, 0.2) is 12.1 Å². The van der Waals surface area contributed by atoms with Gasteiger partial charge in [-0.1, -0.05) is 17.7 Å². The van der Waals surface area contributed by atoms with Gasteiger partial charge in [0.2, 0.25) is 0 Å². The van der Waals surface area contributed by atoms with Crippen molar-refractivity contribution in [3.8, 4) is 11.8 Å². The van der Waals surface area contributed by atoms with Gasteiger partial charge >= 0.3 is 35.6 Å². The SMILES string of the molecule is N#Cc1cccc(OCN2C(=O)NC=C(Cl)C2S(=O)(=O)[O-])c1.[Na+]. The Balaban J connectivity index is 0.00000264. The summed E-state index contributed by atoms with van der Waals surface area (Å²) in [6.45, 7) is -0.531. The molecule has 1 aliphatic heterocycles. The van der Waals surface area contributed by atoms with Gasteiger partial charge in [-0.05, 0) is 18.2 Å². The van der Waals surface area contributed by atoms with E-state index in [1.165, 1.54) is 12.1 Å². The number of hydrogen-bond acceptors (Lipinski definition) is 6. The van der Waals surface area contributed by atoms with Gasteiger partial charge in [0.05, 0.1) is 16.7 Å². The van der Waals surface area contributed by atoms with Crippen molar-refractivity contribution in [2.24, 2.45) is 0 Å². The molecule has 1 heterocycles. The van der Waals surface area contributed by atoms with Gasteiger partial charge in [-0.25, -0.2) is 13.2 Å². The van der Waals surface area contributed by atoms with Gasteiger partial charge in [0.1, 0.15) is 15.9 Å². The number of nitrogens with zero attached hydrogens (tertiary/aromatic N) is 2. The van der Waals surface area contributed by atoms with E-state index >= 15 is 0 Å². The van der Waals surface area contributed by atoms with Crippen molar-refractivity contribution in [2.75, 3.05) is 6.73 Å². The second-order valence-electron chi connectivity index (χ2n) is 4.21. The molecule has 1 unspecified atom stereocenters. The van der Waals surface area contributed by atoms with Gasteiger partial charge in [0.25, 0.3) is 0 Å². The van der Waals surface area contributed by atoms with Crippen LogP contribution < -0.4 is 39.6 Å². The van der Waals surface area contributed by atoms with E-state index in [1.54, 1.807) is 12.1 Å². The average Bonchev–Trinajstić information content (AvgIpc) is 2.47. The molecule has 11 heteroatoms. The third-order valence-corrected chi connectivity index (χ3v) is 4.22. The summed E-state index contributed by atoms with van der Waals surface area (Å²) in [7, 11) is -4.89. The molecule has 0 fully saturated rings. The first-order chi connectivity index (χ1) is 10.3. The van der Waals surface area contributed by atoms with Crippen molar-refractivity contribution < 1.29 is 52.1 Å². The molecule has 0 saturated heterocycles. The monoisotopic (exact) mass is 365 g/mol. The molecular formula is C12H9ClN3NaO5S. The summed E-state index contributed by atoms with van der Waals surface area (Å²) in [4.78, 5) is 12.4. The average molecular weight is 366 g/mol. The summed E-state index contributed by atoms with van der Waals surface area (Å²) < 4.78 is 39.0. The number of ether oxygens (including phenoxy) is 1. The van der Waals surface area contributed by atoms with Crippen LogP contribution in [0.15, 0.2) is 35.5 Å². The van der Waals surface area contributed by atoms with Crippen LogP contribution in [-0.4, -0.2) is 36.0 Å². The molecule has 23 heavy (non-hydrogen) atoms. The van der Waals surface area contributed by atoms with Crippen molar-refractivity contribution >= 4 is 27.8 Å². The Morgan fingerprint density at radius 2 is 2.17 bits per heavy atom. The molecule has 1 aliphatic rings. The number of benzene rings is 1. The summed E-state index contributed by atoms with van der Waals surface area (Å²) >= 11 is 5.68. The van der Waals surface area contributed by atoms with E-state index in [9.17, 15) is 17.8 Å². The molecule has 1 aromatic rings. The Kier molecular flexibility index (Phi) is 6.88. The zero-order valence-corrected chi connectivity index (χ0v) is 15.5. The minimum Gasteiger partial charge on any atom is -0.746 e. The second-order valence-corrected chi connectivity index (χ2v) is 6.08. The molecule has 0 bridgehead atoms. The zero-order valence-electron chi connectivity index (χ0n) is 11.9. The molecule has 2 rings (SSSR count). The molecule has 1 N–H and O–H groups in total. The number of hydrogen-bond donors (Lipinski definition) is 1. The molecule has 0 saturated carbocycles. The molecule has 1 aromatic carbocycles. The van der Waals surface area contributed by atoms with Gasteiger partial charge in [-0.2, -0.15) is 5.26 Å². The van der Waals surface area contributed by atoms with Crippen LogP contribution in [0.2, 0.25) is 0 Å². The molecule has 0 aromatic heterocycles. The van der Waals surface area contributed by atoms with Crippen LogP contribution in [0.25, 0.3) is 0 Å². The minimum absolute atomic E-state index is 0. The molecule has 8 nitrogen and oxygen atoms in total. The summed E-state index contributed by atoms with van der Waals surface area (Å²) in [5.41, 5.74) is 0.325. The predicted molar refractivity (Wildman–Crippen MR) is 74.4 cm³/mol. The maximum Gasteiger partial charge on any atom is 1.00 e. The van der Waals surface area contributed by atoms with Crippen LogP contribution in [0.1, 0.15) is 5.56 Å². The Morgan fingerprint density at radius 1 is 1.48 bits per heavy atom. The second kappa shape index (κ2) is 8.01. The van der Waals surface area contributed by atoms with Crippen LogP contribution in [0.3, 0.4) is 0 Å². The van der Waals surface area contributed by atoms with Gasteiger partial charge < -0.3 is 14.6 Å². The van der Waals surface area contributed by atoms with E-state index in [0.717, 1.165) is 6.20 Å². The minimum atomic E-state index is -4.89. The third-order valence-electron chi connectivity index (χ3n) is 2.72. The Bertz CT molecular complexity index is 777. The molecule has 0 aliphatic carbocycles. The van der Waals surface area contributed by atoms with Crippen molar-refractivity contribution in [1.82, 2.24) is 10.2 Å². The molecule has 1 atom stereocenters. The normalized spacial score (nSPS) is 17.4. The van der Waals surface area contributed by atoms with Crippen LogP contribution in [0.5, 0.6) is 5.75 Å². The summed E-state index contributed by atoms with van der Waals surface area (Å²) in [5.74, 6) is 0.236. The molecule has 0 radical (unpaired) electrons. The zero-order chi connectivity index (χ0) is 16.3. The van der Waals surface area contributed by atoms with Crippen molar-refractivity contribution in [3.05, 3.63) is 41.1 Å². The molecular weight excluding hydrogens is 357 g/mol. The van der Waals surface area contributed by atoms with E-state index in [-0.39, 0.29) is 40.3 Å². The van der Waals surface area contributed by atoms with Crippen molar-refractivity contribution in [1.29, 1.82) is 5.26 Å².